The van der Waals surface area contributed by atoms with E-state index in [1.807, 2.05) is 35.8 Å². The maximum absolute atomic E-state index is 11.2. The summed E-state index contributed by atoms with van der Waals surface area (Å²) < 4.78 is 0. The van der Waals surface area contributed by atoms with Crippen molar-refractivity contribution >= 4 is 33.7 Å². The molecule has 0 saturated carbocycles. The Morgan fingerprint density at radius 3 is 2.88 bits per heavy atom. The van der Waals surface area contributed by atoms with E-state index in [0.717, 1.165) is 16.5 Å². The predicted octanol–water partition coefficient (Wildman–Crippen LogP) is 4.78. The Bertz CT molecular complexity index is 1040. The van der Waals surface area contributed by atoms with Crippen molar-refractivity contribution in [2.75, 3.05) is 11.9 Å². The highest BCUT2D eigenvalue weighted by molar-refractivity contribution is 7.10. The number of fused-ring (bicyclic) bond motifs is 1. The first-order chi connectivity index (χ1) is 12.7. The van der Waals surface area contributed by atoms with Crippen LogP contribution < -0.4 is 5.32 Å². The minimum absolute atomic E-state index is 0.0173. The van der Waals surface area contributed by atoms with Gasteiger partial charge in [0, 0.05) is 46.7 Å². The largest absolute Gasteiger partial charge is 0.363 e. The fraction of sp³-hybridized carbons (Fsp3) is 0.105. The molecular formula is C19H16N4O2S. The van der Waals surface area contributed by atoms with Gasteiger partial charge in [0.2, 0.25) is 5.82 Å². The number of aromatic amines is 1. The summed E-state index contributed by atoms with van der Waals surface area (Å²) in [5.41, 5.74) is 2.22. The predicted molar refractivity (Wildman–Crippen MR) is 104 cm³/mol. The lowest BCUT2D eigenvalue weighted by atomic mass is 9.96. The van der Waals surface area contributed by atoms with Gasteiger partial charge in [-0.15, -0.1) is 11.3 Å². The van der Waals surface area contributed by atoms with Crippen LogP contribution in [-0.4, -0.2) is 21.4 Å². The van der Waals surface area contributed by atoms with Gasteiger partial charge in [0.1, 0.15) is 0 Å². The topological polar surface area (TPSA) is 83.8 Å². The van der Waals surface area contributed by atoms with E-state index >= 15 is 0 Å². The smallest absolute Gasteiger partial charge is 0.311 e. The number of hydrogen-bond donors (Lipinski definition) is 2. The summed E-state index contributed by atoms with van der Waals surface area (Å²) in [7, 11) is 0. The summed E-state index contributed by atoms with van der Waals surface area (Å²) in [6.45, 7) is 0.514. The molecule has 2 N–H and O–H groups in total. The SMILES string of the molecule is O=[N+]([O-])c1cccnc1NC[C@H](c1cccs1)c1c[nH]c2ccccc12. The summed E-state index contributed by atoms with van der Waals surface area (Å²) in [5, 5.41) is 17.6. The van der Waals surface area contributed by atoms with Crippen LogP contribution in [0.25, 0.3) is 10.9 Å². The zero-order valence-electron chi connectivity index (χ0n) is 13.8. The van der Waals surface area contributed by atoms with Gasteiger partial charge in [-0.05, 0) is 29.1 Å². The standard InChI is InChI=1S/C19H16N4O2S/c24-23(25)17-7-3-9-20-19(17)22-12-15(18-8-4-10-26-18)14-11-21-16-6-2-1-5-13(14)16/h1-11,15,21H,12H2,(H,20,22)/t15-/m0/s1. The first-order valence-electron chi connectivity index (χ1n) is 8.16. The molecule has 0 aliphatic rings. The van der Waals surface area contributed by atoms with E-state index < -0.39 is 4.92 Å². The van der Waals surface area contributed by atoms with Crippen LogP contribution >= 0.6 is 11.3 Å². The van der Waals surface area contributed by atoms with Crippen LogP contribution in [0.3, 0.4) is 0 Å². The third kappa shape index (κ3) is 3.04. The molecule has 0 aliphatic carbocycles. The fourth-order valence-electron chi connectivity index (χ4n) is 3.11. The van der Waals surface area contributed by atoms with Crippen LogP contribution in [0, 0.1) is 10.1 Å². The molecule has 1 aromatic carbocycles. The van der Waals surface area contributed by atoms with E-state index in [1.165, 1.54) is 10.9 Å². The van der Waals surface area contributed by atoms with Crippen molar-refractivity contribution in [1.82, 2.24) is 9.97 Å². The Morgan fingerprint density at radius 1 is 1.19 bits per heavy atom. The minimum Gasteiger partial charge on any atom is -0.363 e. The van der Waals surface area contributed by atoms with E-state index in [2.05, 4.69) is 27.4 Å². The van der Waals surface area contributed by atoms with Crippen molar-refractivity contribution in [1.29, 1.82) is 0 Å². The van der Waals surface area contributed by atoms with Crippen molar-refractivity contribution < 1.29 is 4.92 Å². The van der Waals surface area contributed by atoms with Crippen LogP contribution in [0.1, 0.15) is 16.4 Å². The van der Waals surface area contributed by atoms with Gasteiger partial charge < -0.3 is 10.3 Å². The second-order valence-corrected chi connectivity index (χ2v) is 6.85. The number of thiophene rings is 1. The van der Waals surface area contributed by atoms with E-state index in [4.69, 9.17) is 0 Å². The number of anilines is 1. The van der Waals surface area contributed by atoms with Crippen LogP contribution in [-0.2, 0) is 0 Å². The fourth-order valence-corrected chi connectivity index (χ4v) is 3.96. The van der Waals surface area contributed by atoms with Crippen molar-refractivity contribution in [3.8, 4) is 0 Å². The molecule has 0 saturated heterocycles. The molecule has 3 aromatic heterocycles. The van der Waals surface area contributed by atoms with Gasteiger partial charge in [-0.1, -0.05) is 24.3 Å². The van der Waals surface area contributed by atoms with Crippen molar-refractivity contribution in [3.05, 3.63) is 86.9 Å². The summed E-state index contributed by atoms with van der Waals surface area (Å²) in [5.74, 6) is 0.353. The van der Waals surface area contributed by atoms with E-state index in [-0.39, 0.29) is 11.6 Å². The lowest BCUT2D eigenvalue weighted by Crippen LogP contribution is -2.14. The Hall–Kier alpha value is -3.19. The normalized spacial score (nSPS) is 12.2. The maximum atomic E-state index is 11.2. The van der Waals surface area contributed by atoms with Crippen LogP contribution in [0.4, 0.5) is 11.5 Å². The highest BCUT2D eigenvalue weighted by atomic mass is 32.1. The quantitative estimate of drug-likeness (QED) is 0.381. The van der Waals surface area contributed by atoms with Crippen molar-refractivity contribution in [2.45, 2.75) is 5.92 Å². The van der Waals surface area contributed by atoms with Gasteiger partial charge in [-0.25, -0.2) is 4.98 Å². The maximum Gasteiger partial charge on any atom is 0.311 e. The minimum atomic E-state index is -0.416. The Balaban J connectivity index is 1.69. The molecule has 0 amide bonds. The van der Waals surface area contributed by atoms with Gasteiger partial charge in [0.15, 0.2) is 0 Å². The Morgan fingerprint density at radius 2 is 2.08 bits per heavy atom. The number of hydrogen-bond acceptors (Lipinski definition) is 5. The average molecular weight is 364 g/mol. The van der Waals surface area contributed by atoms with Crippen LogP contribution in [0.5, 0.6) is 0 Å². The van der Waals surface area contributed by atoms with Gasteiger partial charge in [-0.2, -0.15) is 0 Å². The van der Waals surface area contributed by atoms with Crippen molar-refractivity contribution in [3.63, 3.8) is 0 Å². The number of nitrogens with one attached hydrogen (secondary N) is 2. The molecule has 26 heavy (non-hydrogen) atoms. The second kappa shape index (κ2) is 6.97. The molecule has 1 atom stereocenters. The number of nitro groups is 1. The highest BCUT2D eigenvalue weighted by Crippen LogP contribution is 2.34. The van der Waals surface area contributed by atoms with Gasteiger partial charge in [0.05, 0.1) is 4.92 Å². The number of rotatable bonds is 6. The zero-order valence-corrected chi connectivity index (χ0v) is 14.6. The molecule has 3 heterocycles. The number of pyridine rings is 1. The molecule has 6 nitrogen and oxygen atoms in total. The zero-order chi connectivity index (χ0) is 17.9. The number of H-pyrrole nitrogens is 1. The number of nitrogens with zero attached hydrogens (tertiary/aromatic N) is 2. The molecule has 0 radical (unpaired) electrons. The first kappa shape index (κ1) is 16.3. The highest BCUT2D eigenvalue weighted by Gasteiger charge is 2.21. The summed E-state index contributed by atoms with van der Waals surface area (Å²) in [4.78, 5) is 19.5. The number of para-hydroxylation sites is 1. The number of benzene rings is 1. The molecule has 0 bridgehead atoms. The molecular weight excluding hydrogens is 348 g/mol. The third-order valence-electron chi connectivity index (χ3n) is 4.34. The van der Waals surface area contributed by atoms with Gasteiger partial charge >= 0.3 is 5.69 Å². The Labute approximate surface area is 153 Å². The molecule has 7 heteroatoms. The van der Waals surface area contributed by atoms with Crippen LogP contribution in [0.2, 0.25) is 0 Å². The molecule has 0 fully saturated rings. The molecule has 0 unspecified atom stereocenters. The number of aromatic nitrogens is 2. The molecule has 0 aliphatic heterocycles. The summed E-state index contributed by atoms with van der Waals surface area (Å²) in [6.07, 6.45) is 3.57. The lowest BCUT2D eigenvalue weighted by Gasteiger charge is -2.16. The average Bonchev–Trinajstić information content (AvgIpc) is 3.33. The molecule has 4 rings (SSSR count). The van der Waals surface area contributed by atoms with E-state index in [0.29, 0.717) is 12.4 Å². The monoisotopic (exact) mass is 364 g/mol. The van der Waals surface area contributed by atoms with E-state index in [9.17, 15) is 10.1 Å². The first-order valence-corrected chi connectivity index (χ1v) is 9.04. The van der Waals surface area contributed by atoms with Gasteiger partial charge in [0.25, 0.3) is 0 Å². The van der Waals surface area contributed by atoms with Crippen LogP contribution in [0.15, 0.2) is 66.3 Å². The van der Waals surface area contributed by atoms with Gasteiger partial charge in [-0.3, -0.25) is 10.1 Å². The summed E-state index contributed by atoms with van der Waals surface area (Å²) in [6, 6.07) is 15.3. The molecule has 4 aromatic rings. The second-order valence-electron chi connectivity index (χ2n) is 5.87. The Kier molecular flexibility index (Phi) is 4.37. The molecule has 130 valence electrons. The lowest BCUT2D eigenvalue weighted by molar-refractivity contribution is -0.384. The van der Waals surface area contributed by atoms with E-state index in [1.54, 1.807) is 23.6 Å². The summed E-state index contributed by atoms with van der Waals surface area (Å²) >= 11 is 1.68. The molecule has 0 spiro atoms. The van der Waals surface area contributed by atoms with Crippen molar-refractivity contribution in [2.24, 2.45) is 0 Å². The third-order valence-corrected chi connectivity index (χ3v) is 5.33.